The van der Waals surface area contributed by atoms with Crippen LogP contribution in [0, 0.1) is 5.82 Å². The molecule has 0 aliphatic heterocycles. The number of benzene rings is 3. The van der Waals surface area contributed by atoms with E-state index in [0.29, 0.717) is 11.4 Å². The van der Waals surface area contributed by atoms with E-state index in [1.165, 1.54) is 39.8 Å². The van der Waals surface area contributed by atoms with Gasteiger partial charge in [-0.2, -0.15) is 4.68 Å². The van der Waals surface area contributed by atoms with Crippen molar-refractivity contribution >= 4 is 33.5 Å². The highest BCUT2D eigenvalue weighted by Crippen LogP contribution is 2.22. The van der Waals surface area contributed by atoms with Gasteiger partial charge in [0, 0.05) is 11.1 Å². The minimum Gasteiger partial charge on any atom is -0.324 e. The minimum atomic E-state index is -0.494. The summed E-state index contributed by atoms with van der Waals surface area (Å²) in [5, 5.41) is 12.6. The van der Waals surface area contributed by atoms with Crippen molar-refractivity contribution < 1.29 is 9.18 Å². The Hall–Kier alpha value is -4.40. The molecule has 1 N–H and O–H groups in total. The molecule has 5 rings (SSSR count). The molecule has 3 aromatic carbocycles. The molecular formula is C22H15FN6O2. The quantitative estimate of drug-likeness (QED) is 0.488. The van der Waals surface area contributed by atoms with Gasteiger partial charge in [0.25, 0.3) is 5.56 Å². The largest absolute Gasteiger partial charge is 0.324 e. The van der Waals surface area contributed by atoms with Crippen LogP contribution in [0.25, 0.3) is 27.6 Å². The van der Waals surface area contributed by atoms with E-state index in [4.69, 9.17) is 0 Å². The number of hydrogen-bond acceptors (Lipinski definition) is 5. The Kier molecular flexibility index (Phi) is 4.47. The number of carbonyl (C=O) groups is 1. The lowest BCUT2D eigenvalue weighted by Gasteiger charge is -2.10. The molecule has 1 amide bonds. The highest BCUT2D eigenvalue weighted by Gasteiger charge is 2.15. The highest BCUT2D eigenvalue weighted by atomic mass is 19.1. The summed E-state index contributed by atoms with van der Waals surface area (Å²) in [6.45, 7) is -0.228. The fraction of sp³-hybridized carbons (Fsp3) is 0.0455. The third-order valence-corrected chi connectivity index (χ3v) is 4.88. The monoisotopic (exact) mass is 414 g/mol. The molecule has 0 fully saturated rings. The van der Waals surface area contributed by atoms with Crippen LogP contribution < -0.4 is 10.9 Å². The van der Waals surface area contributed by atoms with Gasteiger partial charge in [0.05, 0.1) is 5.69 Å². The summed E-state index contributed by atoms with van der Waals surface area (Å²) in [6, 6.07) is 18.9. The Labute approximate surface area is 174 Å². The number of rotatable bonds is 4. The highest BCUT2D eigenvalue weighted by molar-refractivity contribution is 6.02. The van der Waals surface area contributed by atoms with Crippen LogP contribution in [0.15, 0.2) is 77.9 Å². The lowest BCUT2D eigenvalue weighted by Crippen LogP contribution is -2.28. The van der Waals surface area contributed by atoms with Gasteiger partial charge in [0.1, 0.15) is 18.7 Å². The number of anilines is 1. The van der Waals surface area contributed by atoms with Crippen molar-refractivity contribution in [2.75, 3.05) is 5.32 Å². The number of aromatic nitrogens is 5. The normalized spacial score (nSPS) is 11.1. The van der Waals surface area contributed by atoms with Crippen LogP contribution in [0.5, 0.6) is 0 Å². The molecule has 0 radical (unpaired) electrons. The van der Waals surface area contributed by atoms with E-state index in [2.05, 4.69) is 20.6 Å². The maximum atomic E-state index is 13.2. The van der Waals surface area contributed by atoms with E-state index in [9.17, 15) is 14.0 Å². The van der Waals surface area contributed by atoms with Gasteiger partial charge in [-0.1, -0.05) is 41.6 Å². The molecule has 0 saturated carbocycles. The zero-order chi connectivity index (χ0) is 21.4. The molecule has 0 atom stereocenters. The van der Waals surface area contributed by atoms with Crippen LogP contribution in [-0.4, -0.2) is 30.5 Å². The van der Waals surface area contributed by atoms with Gasteiger partial charge in [-0.15, -0.1) is 5.10 Å². The van der Waals surface area contributed by atoms with E-state index in [1.807, 2.05) is 36.4 Å². The predicted molar refractivity (Wildman–Crippen MR) is 113 cm³/mol. The van der Waals surface area contributed by atoms with E-state index < -0.39 is 5.56 Å². The Balaban J connectivity index is 1.43. The summed E-state index contributed by atoms with van der Waals surface area (Å²) in [6.07, 6.45) is 1.27. The molecule has 152 valence electrons. The van der Waals surface area contributed by atoms with Crippen LogP contribution in [-0.2, 0) is 11.3 Å². The maximum Gasteiger partial charge on any atom is 0.284 e. The van der Waals surface area contributed by atoms with Crippen molar-refractivity contribution in [1.82, 2.24) is 24.5 Å². The minimum absolute atomic E-state index is 0.0183. The molecule has 0 bridgehead atoms. The van der Waals surface area contributed by atoms with Gasteiger partial charge in [-0.3, -0.25) is 14.2 Å². The summed E-state index contributed by atoms with van der Waals surface area (Å²) in [7, 11) is 0. The molecule has 0 aliphatic carbocycles. The molecule has 2 aromatic heterocycles. The van der Waals surface area contributed by atoms with Crippen LogP contribution in [0.2, 0.25) is 0 Å². The van der Waals surface area contributed by atoms with E-state index >= 15 is 0 Å². The van der Waals surface area contributed by atoms with E-state index in [-0.39, 0.29) is 29.4 Å². The first-order valence-electron chi connectivity index (χ1n) is 9.44. The molecule has 9 heteroatoms. The van der Waals surface area contributed by atoms with Gasteiger partial charge >= 0.3 is 0 Å². The molecule has 5 aromatic rings. The van der Waals surface area contributed by atoms with Crippen molar-refractivity contribution in [1.29, 1.82) is 0 Å². The van der Waals surface area contributed by atoms with Gasteiger partial charge in [-0.05, 0) is 35.7 Å². The fourth-order valence-corrected chi connectivity index (χ4v) is 3.39. The lowest BCUT2D eigenvalue weighted by atomic mass is 10.1. The van der Waals surface area contributed by atoms with Crippen molar-refractivity contribution in [3.05, 3.63) is 89.2 Å². The Morgan fingerprint density at radius 1 is 1.00 bits per heavy atom. The van der Waals surface area contributed by atoms with Gasteiger partial charge in [0.2, 0.25) is 5.91 Å². The van der Waals surface area contributed by atoms with E-state index in [1.54, 1.807) is 6.07 Å². The van der Waals surface area contributed by atoms with Crippen LogP contribution >= 0.6 is 0 Å². The first kappa shape index (κ1) is 18.6. The molecule has 8 nitrogen and oxygen atoms in total. The number of nitrogens with zero attached hydrogens (tertiary/aromatic N) is 5. The van der Waals surface area contributed by atoms with Crippen molar-refractivity contribution in [2.45, 2.75) is 6.54 Å². The molecule has 2 heterocycles. The smallest absolute Gasteiger partial charge is 0.284 e. The molecule has 0 unspecified atom stereocenters. The molecule has 0 saturated heterocycles. The fourth-order valence-electron chi connectivity index (χ4n) is 3.39. The van der Waals surface area contributed by atoms with Gasteiger partial charge < -0.3 is 5.32 Å². The topological polar surface area (TPSA) is 94.7 Å². The zero-order valence-corrected chi connectivity index (χ0v) is 16.1. The molecular weight excluding hydrogens is 399 g/mol. The van der Waals surface area contributed by atoms with E-state index in [0.717, 1.165) is 10.8 Å². The Morgan fingerprint density at radius 3 is 2.61 bits per heavy atom. The first-order chi connectivity index (χ1) is 15.1. The zero-order valence-electron chi connectivity index (χ0n) is 16.1. The predicted octanol–water partition coefficient (Wildman–Crippen LogP) is 2.91. The van der Waals surface area contributed by atoms with Crippen molar-refractivity contribution in [3.63, 3.8) is 0 Å². The van der Waals surface area contributed by atoms with Gasteiger partial charge in [0.15, 0.2) is 11.2 Å². The first-order valence-corrected chi connectivity index (χ1v) is 9.44. The summed E-state index contributed by atoms with van der Waals surface area (Å²) in [5.74, 6) is -0.758. The average molecular weight is 414 g/mol. The van der Waals surface area contributed by atoms with Crippen molar-refractivity contribution in [3.8, 4) is 5.69 Å². The number of halogens is 1. The maximum absolute atomic E-state index is 13.2. The van der Waals surface area contributed by atoms with Crippen LogP contribution in [0.3, 0.4) is 0 Å². The third-order valence-electron chi connectivity index (χ3n) is 4.88. The van der Waals surface area contributed by atoms with Crippen LogP contribution in [0.4, 0.5) is 10.1 Å². The number of carbonyl (C=O) groups excluding carboxylic acids is 1. The Bertz CT molecular complexity index is 1480. The SMILES string of the molecule is O=C(Cn1cnc2c(nnn2-c2ccc(F)cc2)c1=O)Nc1cccc2ccccc12. The third kappa shape index (κ3) is 3.42. The number of hydrogen-bond donors (Lipinski definition) is 1. The molecule has 31 heavy (non-hydrogen) atoms. The number of fused-ring (bicyclic) bond motifs is 2. The second kappa shape index (κ2) is 7.45. The number of amides is 1. The standard InChI is InChI=1S/C22H15FN6O2/c23-15-8-10-16(11-9-15)29-21-20(26-27-29)22(31)28(13-24-21)12-19(30)25-18-7-3-5-14-4-1-2-6-17(14)18/h1-11,13H,12H2,(H,25,30). The molecule has 0 aliphatic rings. The lowest BCUT2D eigenvalue weighted by molar-refractivity contribution is -0.116. The molecule has 0 spiro atoms. The van der Waals surface area contributed by atoms with Crippen LogP contribution in [0.1, 0.15) is 0 Å². The van der Waals surface area contributed by atoms with Gasteiger partial charge in [-0.25, -0.2) is 9.37 Å². The Morgan fingerprint density at radius 2 is 1.77 bits per heavy atom. The summed E-state index contributed by atoms with van der Waals surface area (Å²) >= 11 is 0. The van der Waals surface area contributed by atoms with Crippen molar-refractivity contribution in [2.24, 2.45) is 0 Å². The summed E-state index contributed by atoms with van der Waals surface area (Å²) < 4.78 is 15.7. The number of nitrogens with one attached hydrogen (secondary N) is 1. The summed E-state index contributed by atoms with van der Waals surface area (Å²) in [5.41, 5.74) is 0.924. The second-order valence-corrected chi connectivity index (χ2v) is 6.90. The second-order valence-electron chi connectivity index (χ2n) is 6.90. The average Bonchev–Trinajstić information content (AvgIpc) is 3.21. The summed E-state index contributed by atoms with van der Waals surface area (Å²) in [4.78, 5) is 29.6.